The predicted molar refractivity (Wildman–Crippen MR) is 121 cm³/mol. The van der Waals surface area contributed by atoms with Crippen LogP contribution in [0, 0.1) is 0 Å². The Bertz CT molecular complexity index is 440. The highest BCUT2D eigenvalue weighted by Gasteiger charge is 2.05. The standard InChI is InChI=1S/C26H46O/c1-3-4-5-6-7-8-9-10-11-12-13-14-15-16-17-18-20-24(2)25-21-19-22-26(27)23-25/h19,21-24,27H,3-18,20H2,1-2H3. The van der Waals surface area contributed by atoms with Gasteiger partial charge in [-0.05, 0) is 30.0 Å². The maximum absolute atomic E-state index is 9.57. The first kappa shape index (κ1) is 24.1. The van der Waals surface area contributed by atoms with Crippen molar-refractivity contribution in [1.82, 2.24) is 0 Å². The van der Waals surface area contributed by atoms with Crippen LogP contribution < -0.4 is 0 Å². The van der Waals surface area contributed by atoms with E-state index in [4.69, 9.17) is 0 Å². The molecule has 1 aromatic rings. The molecule has 1 N–H and O–H groups in total. The summed E-state index contributed by atoms with van der Waals surface area (Å²) in [4.78, 5) is 0. The van der Waals surface area contributed by atoms with E-state index in [2.05, 4.69) is 19.9 Å². The molecular weight excluding hydrogens is 328 g/mol. The summed E-state index contributed by atoms with van der Waals surface area (Å²) in [6.07, 6.45) is 24.0. The molecule has 0 aliphatic rings. The summed E-state index contributed by atoms with van der Waals surface area (Å²) in [7, 11) is 0. The number of rotatable bonds is 18. The zero-order valence-corrected chi connectivity index (χ0v) is 18.4. The number of aromatic hydroxyl groups is 1. The van der Waals surface area contributed by atoms with Crippen molar-refractivity contribution in [3.8, 4) is 5.75 Å². The van der Waals surface area contributed by atoms with E-state index < -0.39 is 0 Å². The fourth-order valence-electron chi connectivity index (χ4n) is 4.00. The van der Waals surface area contributed by atoms with Crippen LogP contribution >= 0.6 is 0 Å². The lowest BCUT2D eigenvalue weighted by Crippen LogP contribution is -1.93. The van der Waals surface area contributed by atoms with E-state index >= 15 is 0 Å². The Morgan fingerprint density at radius 3 is 1.56 bits per heavy atom. The van der Waals surface area contributed by atoms with Gasteiger partial charge in [0.15, 0.2) is 0 Å². The number of hydrogen-bond acceptors (Lipinski definition) is 1. The van der Waals surface area contributed by atoms with Crippen LogP contribution in [0.1, 0.15) is 134 Å². The molecule has 0 radical (unpaired) electrons. The maximum Gasteiger partial charge on any atom is 0.115 e. The van der Waals surface area contributed by atoms with Gasteiger partial charge in [0.2, 0.25) is 0 Å². The van der Waals surface area contributed by atoms with Crippen LogP contribution in [0.15, 0.2) is 24.3 Å². The molecule has 27 heavy (non-hydrogen) atoms. The Hall–Kier alpha value is -0.980. The van der Waals surface area contributed by atoms with Gasteiger partial charge >= 0.3 is 0 Å². The molecule has 156 valence electrons. The van der Waals surface area contributed by atoms with Crippen molar-refractivity contribution in [3.05, 3.63) is 29.8 Å². The maximum atomic E-state index is 9.57. The third-order valence-electron chi connectivity index (χ3n) is 5.93. The van der Waals surface area contributed by atoms with Crippen molar-refractivity contribution in [3.63, 3.8) is 0 Å². The number of phenolic OH excluding ortho intramolecular Hbond substituents is 1. The SMILES string of the molecule is CCCCCCCCCCCCCCCCCCC(C)c1cccc(O)c1. The minimum absolute atomic E-state index is 0.395. The van der Waals surface area contributed by atoms with Crippen LogP contribution in [0.4, 0.5) is 0 Å². The summed E-state index contributed by atoms with van der Waals surface area (Å²) in [5.74, 6) is 0.954. The zero-order valence-electron chi connectivity index (χ0n) is 18.4. The molecule has 1 aromatic carbocycles. The summed E-state index contributed by atoms with van der Waals surface area (Å²) in [5.41, 5.74) is 1.27. The third kappa shape index (κ3) is 13.8. The van der Waals surface area contributed by atoms with Crippen LogP contribution in [-0.4, -0.2) is 5.11 Å². The summed E-state index contributed by atoms with van der Waals surface area (Å²) >= 11 is 0. The molecule has 0 aliphatic heterocycles. The van der Waals surface area contributed by atoms with Crippen molar-refractivity contribution >= 4 is 0 Å². The van der Waals surface area contributed by atoms with Crippen molar-refractivity contribution < 1.29 is 5.11 Å². The van der Waals surface area contributed by atoms with E-state index in [0.29, 0.717) is 11.7 Å². The Kier molecular flexibility index (Phi) is 15.3. The molecule has 0 fully saturated rings. The number of hydrogen-bond donors (Lipinski definition) is 1. The zero-order chi connectivity index (χ0) is 19.6. The average Bonchev–Trinajstić information content (AvgIpc) is 2.67. The van der Waals surface area contributed by atoms with E-state index in [-0.39, 0.29) is 0 Å². The number of phenols is 1. The first-order chi connectivity index (χ1) is 13.2. The van der Waals surface area contributed by atoms with Gasteiger partial charge in [0, 0.05) is 0 Å². The fourth-order valence-corrected chi connectivity index (χ4v) is 4.00. The Labute approximate surface area is 170 Å². The normalized spacial score (nSPS) is 12.4. The first-order valence-electron chi connectivity index (χ1n) is 12.0. The Morgan fingerprint density at radius 2 is 1.11 bits per heavy atom. The highest BCUT2D eigenvalue weighted by atomic mass is 16.3. The van der Waals surface area contributed by atoms with Crippen LogP contribution in [0.3, 0.4) is 0 Å². The minimum Gasteiger partial charge on any atom is -0.508 e. The fraction of sp³-hybridized carbons (Fsp3) is 0.769. The minimum atomic E-state index is 0.395. The number of unbranched alkanes of at least 4 members (excludes halogenated alkanes) is 15. The quantitative estimate of drug-likeness (QED) is 0.254. The lowest BCUT2D eigenvalue weighted by atomic mass is 9.94. The van der Waals surface area contributed by atoms with Crippen molar-refractivity contribution in [1.29, 1.82) is 0 Å². The van der Waals surface area contributed by atoms with Gasteiger partial charge in [-0.3, -0.25) is 0 Å². The van der Waals surface area contributed by atoms with Gasteiger partial charge in [-0.2, -0.15) is 0 Å². The molecular formula is C26H46O. The molecule has 0 spiro atoms. The van der Waals surface area contributed by atoms with Crippen molar-refractivity contribution in [2.24, 2.45) is 0 Å². The lowest BCUT2D eigenvalue weighted by Gasteiger charge is -2.12. The summed E-state index contributed by atoms with van der Waals surface area (Å²) < 4.78 is 0. The second-order valence-electron chi connectivity index (χ2n) is 8.59. The Morgan fingerprint density at radius 1 is 0.667 bits per heavy atom. The molecule has 1 rings (SSSR count). The smallest absolute Gasteiger partial charge is 0.115 e. The van der Waals surface area contributed by atoms with E-state index in [0.717, 1.165) is 0 Å². The van der Waals surface area contributed by atoms with Crippen LogP contribution in [0.5, 0.6) is 5.75 Å². The van der Waals surface area contributed by atoms with E-state index in [1.165, 1.54) is 115 Å². The molecule has 1 unspecified atom stereocenters. The molecule has 0 saturated heterocycles. The second-order valence-corrected chi connectivity index (χ2v) is 8.59. The van der Waals surface area contributed by atoms with Gasteiger partial charge < -0.3 is 5.11 Å². The first-order valence-corrected chi connectivity index (χ1v) is 12.0. The molecule has 0 aliphatic carbocycles. The molecule has 1 nitrogen and oxygen atoms in total. The van der Waals surface area contributed by atoms with Gasteiger partial charge in [0.1, 0.15) is 5.75 Å². The molecule has 0 bridgehead atoms. The molecule has 0 saturated carbocycles. The summed E-state index contributed by atoms with van der Waals surface area (Å²) in [6, 6.07) is 7.76. The van der Waals surface area contributed by atoms with E-state index in [1.807, 2.05) is 12.1 Å². The molecule has 0 heterocycles. The largest absolute Gasteiger partial charge is 0.508 e. The Balaban J connectivity index is 1.80. The molecule has 0 aromatic heterocycles. The highest BCUT2D eigenvalue weighted by Crippen LogP contribution is 2.25. The van der Waals surface area contributed by atoms with Crippen molar-refractivity contribution in [2.75, 3.05) is 0 Å². The highest BCUT2D eigenvalue weighted by molar-refractivity contribution is 5.29. The van der Waals surface area contributed by atoms with E-state index in [1.54, 1.807) is 6.07 Å². The van der Waals surface area contributed by atoms with Gasteiger partial charge in [-0.1, -0.05) is 129 Å². The van der Waals surface area contributed by atoms with Crippen LogP contribution in [0.25, 0.3) is 0 Å². The summed E-state index contributed by atoms with van der Waals surface area (Å²) in [6.45, 7) is 4.57. The lowest BCUT2D eigenvalue weighted by molar-refractivity contribution is 0.473. The van der Waals surface area contributed by atoms with Crippen molar-refractivity contribution in [2.45, 2.75) is 129 Å². The van der Waals surface area contributed by atoms with Crippen LogP contribution in [0.2, 0.25) is 0 Å². The van der Waals surface area contributed by atoms with Gasteiger partial charge in [-0.25, -0.2) is 0 Å². The monoisotopic (exact) mass is 374 g/mol. The summed E-state index contributed by atoms with van der Waals surface area (Å²) in [5, 5.41) is 9.57. The number of benzene rings is 1. The topological polar surface area (TPSA) is 20.2 Å². The van der Waals surface area contributed by atoms with Crippen LogP contribution in [-0.2, 0) is 0 Å². The molecule has 1 heteroatoms. The van der Waals surface area contributed by atoms with Gasteiger partial charge in [0.05, 0.1) is 0 Å². The molecule has 1 atom stereocenters. The third-order valence-corrected chi connectivity index (χ3v) is 5.93. The molecule has 0 amide bonds. The predicted octanol–water partition coefficient (Wildman–Crippen LogP) is 9.15. The average molecular weight is 375 g/mol. The van der Waals surface area contributed by atoms with Gasteiger partial charge in [0.25, 0.3) is 0 Å². The second kappa shape index (κ2) is 17.1. The van der Waals surface area contributed by atoms with E-state index in [9.17, 15) is 5.11 Å². The van der Waals surface area contributed by atoms with Gasteiger partial charge in [-0.15, -0.1) is 0 Å².